The quantitative estimate of drug-likeness (QED) is 0.787. The van der Waals surface area contributed by atoms with E-state index in [4.69, 9.17) is 0 Å². The second-order valence-electron chi connectivity index (χ2n) is 3.73. The Balaban J connectivity index is 2.00. The molecule has 0 saturated heterocycles. The molecular weight excluding hydrogens is 247 g/mol. The monoisotopic (exact) mass is 257 g/mol. The van der Waals surface area contributed by atoms with E-state index in [-0.39, 0.29) is 5.56 Å². The van der Waals surface area contributed by atoms with Crippen LogP contribution >= 0.6 is 0 Å². The highest BCUT2D eigenvalue weighted by molar-refractivity contribution is 6.00. The molecule has 0 N–H and O–H groups in total. The van der Waals surface area contributed by atoms with Gasteiger partial charge >= 0.3 is 6.18 Å². The van der Waals surface area contributed by atoms with E-state index in [1.807, 2.05) is 0 Å². The number of nitrogens with zero attached hydrogens (tertiary/aromatic N) is 3. The molecule has 0 aliphatic carbocycles. The van der Waals surface area contributed by atoms with E-state index in [1.54, 1.807) is 23.1 Å². The highest BCUT2D eigenvalue weighted by atomic mass is 19.4. The zero-order chi connectivity index (χ0) is 13.2. The number of carbonyl (C=O) groups is 1. The van der Waals surface area contributed by atoms with Crippen LogP contribution in [0.4, 0.5) is 13.2 Å². The third-order valence-corrected chi connectivity index (χ3v) is 2.42. The fraction of sp³-hybridized carbons (Fsp3) is 0.273. The average Bonchev–Trinajstić information content (AvgIpc) is 2.95. The number of hydrogen-bond donors (Lipinski definition) is 0. The zero-order valence-electron chi connectivity index (χ0n) is 9.26. The number of ketones is 1. The summed E-state index contributed by atoms with van der Waals surface area (Å²) in [6, 6.07) is 2.92. The van der Waals surface area contributed by atoms with Gasteiger partial charge in [-0.15, -0.1) is 0 Å². The molecular formula is C11H10F3N3O. The van der Waals surface area contributed by atoms with E-state index in [0.717, 1.165) is 0 Å². The Morgan fingerprint density at radius 2 is 2.06 bits per heavy atom. The first-order valence-corrected chi connectivity index (χ1v) is 5.21. The van der Waals surface area contributed by atoms with Gasteiger partial charge in [0.05, 0.1) is 6.54 Å². The molecule has 0 radical (unpaired) electrons. The summed E-state index contributed by atoms with van der Waals surface area (Å²) in [6.45, 7) is 0.980. The van der Waals surface area contributed by atoms with Crippen LogP contribution in [-0.2, 0) is 13.1 Å². The molecule has 2 rings (SSSR count). The maximum Gasteiger partial charge on any atom is 0.454 e. The third kappa shape index (κ3) is 2.79. The summed E-state index contributed by atoms with van der Waals surface area (Å²) in [4.78, 5) is 11.0. The predicted molar refractivity (Wildman–Crippen MR) is 57.0 cm³/mol. The van der Waals surface area contributed by atoms with Crippen molar-refractivity contribution in [1.29, 1.82) is 0 Å². The molecule has 0 atom stereocenters. The minimum Gasteiger partial charge on any atom is -0.352 e. The van der Waals surface area contributed by atoms with Gasteiger partial charge < -0.3 is 4.57 Å². The van der Waals surface area contributed by atoms with Crippen LogP contribution in [0, 0.1) is 0 Å². The van der Waals surface area contributed by atoms with Crippen LogP contribution in [-0.4, -0.2) is 26.3 Å². The lowest BCUT2D eigenvalue weighted by atomic mass is 10.2. The SMILES string of the molecule is O=C(c1ccn(CCn2cccn2)c1)C(F)(F)F. The van der Waals surface area contributed by atoms with Gasteiger partial charge in [-0.25, -0.2) is 0 Å². The molecule has 0 bridgehead atoms. The number of aryl methyl sites for hydroxylation is 2. The summed E-state index contributed by atoms with van der Waals surface area (Å²) in [5.41, 5.74) is -0.344. The summed E-state index contributed by atoms with van der Waals surface area (Å²) in [7, 11) is 0. The molecule has 2 aromatic heterocycles. The van der Waals surface area contributed by atoms with Gasteiger partial charge in [0.15, 0.2) is 0 Å². The van der Waals surface area contributed by atoms with E-state index in [2.05, 4.69) is 5.10 Å². The van der Waals surface area contributed by atoms with Crippen LogP contribution in [0.3, 0.4) is 0 Å². The van der Waals surface area contributed by atoms with Crippen molar-refractivity contribution in [3.05, 3.63) is 42.5 Å². The van der Waals surface area contributed by atoms with Gasteiger partial charge in [0, 0.05) is 36.9 Å². The maximum atomic E-state index is 12.2. The highest BCUT2D eigenvalue weighted by Gasteiger charge is 2.39. The Kier molecular flexibility index (Phi) is 3.22. The van der Waals surface area contributed by atoms with Gasteiger partial charge in [-0.3, -0.25) is 9.48 Å². The predicted octanol–water partition coefficient (Wildman–Crippen LogP) is 2.13. The first kappa shape index (κ1) is 12.4. The largest absolute Gasteiger partial charge is 0.454 e. The lowest BCUT2D eigenvalue weighted by Crippen LogP contribution is -2.22. The van der Waals surface area contributed by atoms with Gasteiger partial charge in [-0.2, -0.15) is 18.3 Å². The molecule has 0 aliphatic heterocycles. The molecule has 4 nitrogen and oxygen atoms in total. The molecule has 7 heteroatoms. The van der Waals surface area contributed by atoms with Crippen LogP contribution < -0.4 is 0 Å². The second-order valence-corrected chi connectivity index (χ2v) is 3.73. The molecule has 0 unspecified atom stereocenters. The fourth-order valence-electron chi connectivity index (χ4n) is 1.53. The molecule has 18 heavy (non-hydrogen) atoms. The topological polar surface area (TPSA) is 39.8 Å². The standard InChI is InChI=1S/C11H10F3N3O/c12-11(13,14)10(18)9-2-5-16(8-9)6-7-17-4-1-3-15-17/h1-5,8H,6-7H2. The number of Topliss-reactive ketones (excluding diaryl/α,β-unsaturated/α-hetero) is 1. The van der Waals surface area contributed by atoms with Crippen molar-refractivity contribution in [3.8, 4) is 0 Å². The smallest absolute Gasteiger partial charge is 0.352 e. The lowest BCUT2D eigenvalue weighted by molar-refractivity contribution is -0.0885. The first-order valence-electron chi connectivity index (χ1n) is 5.21. The average molecular weight is 257 g/mol. The molecule has 0 aromatic carbocycles. The maximum absolute atomic E-state index is 12.2. The summed E-state index contributed by atoms with van der Waals surface area (Å²) in [5, 5.41) is 3.97. The van der Waals surface area contributed by atoms with Crippen LogP contribution in [0.15, 0.2) is 36.9 Å². The number of carbonyl (C=O) groups excluding carboxylic acids is 1. The Morgan fingerprint density at radius 1 is 1.28 bits per heavy atom. The van der Waals surface area contributed by atoms with Gasteiger partial charge in [0.2, 0.25) is 0 Å². The number of rotatable bonds is 4. The molecule has 0 fully saturated rings. The Hall–Kier alpha value is -2.05. The van der Waals surface area contributed by atoms with Gasteiger partial charge in [-0.05, 0) is 12.1 Å². The van der Waals surface area contributed by atoms with Crippen LogP contribution in [0.25, 0.3) is 0 Å². The van der Waals surface area contributed by atoms with Gasteiger partial charge in [0.25, 0.3) is 5.78 Å². The van der Waals surface area contributed by atoms with E-state index >= 15 is 0 Å². The third-order valence-electron chi connectivity index (χ3n) is 2.42. The summed E-state index contributed by atoms with van der Waals surface area (Å²) >= 11 is 0. The van der Waals surface area contributed by atoms with Crippen LogP contribution in [0.2, 0.25) is 0 Å². The molecule has 0 spiro atoms. The summed E-state index contributed by atoms with van der Waals surface area (Å²) < 4.78 is 39.7. The van der Waals surface area contributed by atoms with Crippen molar-refractivity contribution in [2.24, 2.45) is 0 Å². The van der Waals surface area contributed by atoms with Crippen molar-refractivity contribution in [2.45, 2.75) is 19.3 Å². The Labute approximate surface area is 101 Å². The van der Waals surface area contributed by atoms with Crippen molar-refractivity contribution in [1.82, 2.24) is 14.3 Å². The number of hydrogen-bond acceptors (Lipinski definition) is 2. The molecule has 96 valence electrons. The van der Waals surface area contributed by atoms with E-state index in [0.29, 0.717) is 13.1 Å². The van der Waals surface area contributed by atoms with Gasteiger partial charge in [-0.1, -0.05) is 0 Å². The van der Waals surface area contributed by atoms with Crippen LogP contribution in [0.5, 0.6) is 0 Å². The number of aromatic nitrogens is 3. The van der Waals surface area contributed by atoms with Crippen molar-refractivity contribution in [3.63, 3.8) is 0 Å². The zero-order valence-corrected chi connectivity index (χ0v) is 9.26. The van der Waals surface area contributed by atoms with Crippen molar-refractivity contribution >= 4 is 5.78 Å². The summed E-state index contributed by atoms with van der Waals surface area (Å²) in [5.74, 6) is -1.82. The van der Waals surface area contributed by atoms with Crippen molar-refractivity contribution < 1.29 is 18.0 Å². The summed E-state index contributed by atoms with van der Waals surface area (Å²) in [6.07, 6.45) is 1.19. The molecule has 0 amide bonds. The van der Waals surface area contributed by atoms with E-state index in [9.17, 15) is 18.0 Å². The molecule has 0 aliphatic rings. The first-order chi connectivity index (χ1) is 8.47. The van der Waals surface area contributed by atoms with Crippen LogP contribution in [0.1, 0.15) is 10.4 Å². The highest BCUT2D eigenvalue weighted by Crippen LogP contribution is 2.21. The Bertz CT molecular complexity index is 528. The van der Waals surface area contributed by atoms with E-state index < -0.39 is 12.0 Å². The molecule has 2 heterocycles. The second kappa shape index (κ2) is 4.67. The van der Waals surface area contributed by atoms with Crippen molar-refractivity contribution in [2.75, 3.05) is 0 Å². The normalized spacial score (nSPS) is 11.7. The van der Waals surface area contributed by atoms with E-state index in [1.165, 1.54) is 23.0 Å². The fourth-order valence-corrected chi connectivity index (χ4v) is 1.53. The molecule has 2 aromatic rings. The Morgan fingerprint density at radius 3 is 2.67 bits per heavy atom. The minimum atomic E-state index is -4.83. The molecule has 0 saturated carbocycles. The lowest BCUT2D eigenvalue weighted by Gasteiger charge is -2.04. The number of alkyl halides is 3. The van der Waals surface area contributed by atoms with Gasteiger partial charge in [0.1, 0.15) is 0 Å². The number of halogens is 3. The minimum absolute atomic E-state index is 0.344.